The Morgan fingerprint density at radius 1 is 1.32 bits per heavy atom. The lowest BCUT2D eigenvalue weighted by Gasteiger charge is -1.97. The Labute approximate surface area is 119 Å². The second-order valence-electron chi connectivity index (χ2n) is 3.90. The molecule has 19 heavy (non-hydrogen) atoms. The molecule has 0 fully saturated rings. The van der Waals surface area contributed by atoms with E-state index in [0.29, 0.717) is 4.67 Å². The maximum absolute atomic E-state index is 11.6. The molecule has 1 N–H and O–H groups in total. The Balaban J connectivity index is 1.94. The van der Waals surface area contributed by atoms with Crippen molar-refractivity contribution < 1.29 is 9.21 Å². The van der Waals surface area contributed by atoms with E-state index in [4.69, 9.17) is 4.42 Å². The smallest absolute Gasteiger partial charge is 0.307 e. The van der Waals surface area contributed by atoms with Crippen molar-refractivity contribution in [3.05, 3.63) is 58.0 Å². The highest BCUT2D eigenvalue weighted by Crippen LogP contribution is 2.13. The van der Waals surface area contributed by atoms with Crippen LogP contribution in [0.25, 0.3) is 0 Å². The summed E-state index contributed by atoms with van der Waals surface area (Å²) in [4.78, 5) is 11.6. The molecule has 98 valence electrons. The van der Waals surface area contributed by atoms with Gasteiger partial charge in [0.25, 0.3) is 0 Å². The molecular weight excluding hydrogens is 308 g/mol. The third-order valence-electron chi connectivity index (χ3n) is 2.56. The molecule has 0 bridgehead atoms. The predicted octanol–water partition coefficient (Wildman–Crippen LogP) is 3.37. The molecule has 0 aliphatic rings. The summed E-state index contributed by atoms with van der Waals surface area (Å²) in [5.41, 5.74) is 4.60. The summed E-state index contributed by atoms with van der Waals surface area (Å²) < 4.78 is 5.62. The van der Waals surface area contributed by atoms with E-state index >= 15 is 0 Å². The van der Waals surface area contributed by atoms with Gasteiger partial charge in [0.1, 0.15) is 0 Å². The van der Waals surface area contributed by atoms with Crippen molar-refractivity contribution in [1.29, 1.82) is 0 Å². The Bertz CT molecular complexity index is 588. The third-order valence-corrected chi connectivity index (χ3v) is 2.99. The first kappa shape index (κ1) is 13.5. The van der Waals surface area contributed by atoms with Crippen LogP contribution in [0.5, 0.6) is 0 Å². The summed E-state index contributed by atoms with van der Waals surface area (Å²) in [6, 6.07) is 11.2. The minimum Gasteiger partial charge on any atom is -0.444 e. The minimum atomic E-state index is -0.382. The number of nitrogens with zero attached hydrogens (tertiary/aromatic N) is 1. The van der Waals surface area contributed by atoms with E-state index in [1.165, 1.54) is 5.56 Å². The molecule has 1 amide bonds. The molecule has 0 aliphatic heterocycles. The number of carbonyl (C=O) groups is 1. The predicted molar refractivity (Wildman–Crippen MR) is 77.3 cm³/mol. The Morgan fingerprint density at radius 2 is 2.05 bits per heavy atom. The molecule has 5 heteroatoms. The van der Waals surface area contributed by atoms with Crippen LogP contribution in [0, 0.1) is 0 Å². The van der Waals surface area contributed by atoms with Gasteiger partial charge in [-0.15, -0.1) is 0 Å². The van der Waals surface area contributed by atoms with Crippen LogP contribution in [0.1, 0.15) is 28.6 Å². The van der Waals surface area contributed by atoms with Gasteiger partial charge in [0.05, 0.1) is 6.21 Å². The molecule has 0 radical (unpaired) electrons. The van der Waals surface area contributed by atoms with Gasteiger partial charge in [-0.2, -0.15) is 5.10 Å². The number of hydrazone groups is 1. The van der Waals surface area contributed by atoms with Crippen LogP contribution in [0.2, 0.25) is 0 Å². The van der Waals surface area contributed by atoms with Gasteiger partial charge >= 0.3 is 5.91 Å². The lowest BCUT2D eigenvalue weighted by molar-refractivity contribution is 0.0926. The largest absolute Gasteiger partial charge is 0.444 e. The number of rotatable bonds is 4. The topological polar surface area (TPSA) is 54.6 Å². The van der Waals surface area contributed by atoms with Gasteiger partial charge in [0.15, 0.2) is 10.4 Å². The first-order chi connectivity index (χ1) is 9.19. The van der Waals surface area contributed by atoms with Crippen molar-refractivity contribution in [1.82, 2.24) is 5.43 Å². The Morgan fingerprint density at radius 3 is 2.63 bits per heavy atom. The van der Waals surface area contributed by atoms with Gasteiger partial charge in [-0.05, 0) is 45.6 Å². The zero-order chi connectivity index (χ0) is 13.7. The first-order valence-corrected chi connectivity index (χ1v) is 6.66. The summed E-state index contributed by atoms with van der Waals surface area (Å²) in [6.45, 7) is 2.10. The number of halogens is 1. The average molecular weight is 321 g/mol. The number of amides is 1. The number of furan rings is 1. The summed E-state index contributed by atoms with van der Waals surface area (Å²) in [5, 5.41) is 3.88. The van der Waals surface area contributed by atoms with Crippen LogP contribution in [0.3, 0.4) is 0 Å². The Hall–Kier alpha value is -1.88. The lowest BCUT2D eigenvalue weighted by atomic mass is 10.1. The van der Waals surface area contributed by atoms with Crippen LogP contribution in [-0.2, 0) is 6.42 Å². The van der Waals surface area contributed by atoms with Crippen molar-refractivity contribution >= 4 is 28.1 Å². The molecule has 4 nitrogen and oxygen atoms in total. The molecular formula is C14H13BrN2O2. The number of hydrogen-bond acceptors (Lipinski definition) is 3. The van der Waals surface area contributed by atoms with Gasteiger partial charge < -0.3 is 4.42 Å². The zero-order valence-electron chi connectivity index (χ0n) is 10.4. The fourth-order valence-corrected chi connectivity index (χ4v) is 1.80. The third kappa shape index (κ3) is 3.79. The second-order valence-corrected chi connectivity index (χ2v) is 4.68. The summed E-state index contributed by atoms with van der Waals surface area (Å²) in [6.07, 6.45) is 2.59. The molecule has 0 spiro atoms. The normalized spacial score (nSPS) is 10.8. The highest BCUT2D eigenvalue weighted by molar-refractivity contribution is 9.10. The van der Waals surface area contributed by atoms with E-state index in [0.717, 1.165) is 12.0 Å². The molecule has 1 aromatic carbocycles. The van der Waals surface area contributed by atoms with Gasteiger partial charge in [-0.25, -0.2) is 5.43 Å². The fraction of sp³-hybridized carbons (Fsp3) is 0.143. The van der Waals surface area contributed by atoms with Crippen molar-refractivity contribution in [3.63, 3.8) is 0 Å². The van der Waals surface area contributed by atoms with Crippen molar-refractivity contribution in [2.75, 3.05) is 0 Å². The fourth-order valence-electron chi connectivity index (χ4n) is 1.50. The number of nitrogens with one attached hydrogen (secondary N) is 1. The van der Waals surface area contributed by atoms with Gasteiger partial charge in [0.2, 0.25) is 0 Å². The van der Waals surface area contributed by atoms with E-state index in [2.05, 4.69) is 33.4 Å². The number of benzene rings is 1. The Kier molecular flexibility index (Phi) is 4.52. The zero-order valence-corrected chi connectivity index (χ0v) is 12.0. The standard InChI is InChI=1S/C14H13BrN2O2/c1-2-10-3-5-11(6-4-10)9-16-17-14(18)12-7-8-13(15)19-12/h3-9H,2H2,1H3,(H,17,18). The van der Waals surface area contributed by atoms with Crippen LogP contribution in [0.15, 0.2) is 50.6 Å². The quantitative estimate of drug-likeness (QED) is 0.693. The monoisotopic (exact) mass is 320 g/mol. The lowest BCUT2D eigenvalue weighted by Crippen LogP contribution is -2.16. The van der Waals surface area contributed by atoms with Gasteiger partial charge in [-0.3, -0.25) is 4.79 Å². The van der Waals surface area contributed by atoms with Crippen LogP contribution in [-0.4, -0.2) is 12.1 Å². The van der Waals surface area contributed by atoms with Gasteiger partial charge in [0, 0.05) is 0 Å². The van der Waals surface area contributed by atoms with Gasteiger partial charge in [-0.1, -0.05) is 31.2 Å². The van der Waals surface area contributed by atoms with Crippen molar-refractivity contribution in [2.24, 2.45) is 5.10 Å². The molecule has 1 aromatic heterocycles. The van der Waals surface area contributed by atoms with E-state index in [1.54, 1.807) is 18.3 Å². The number of carbonyl (C=O) groups excluding carboxylic acids is 1. The summed E-state index contributed by atoms with van der Waals surface area (Å²) >= 11 is 3.13. The highest BCUT2D eigenvalue weighted by atomic mass is 79.9. The molecule has 0 atom stereocenters. The van der Waals surface area contributed by atoms with E-state index < -0.39 is 0 Å². The molecule has 2 rings (SSSR count). The summed E-state index contributed by atoms with van der Waals surface area (Å²) in [7, 11) is 0. The van der Waals surface area contributed by atoms with Crippen LogP contribution >= 0.6 is 15.9 Å². The SMILES string of the molecule is CCc1ccc(C=NNC(=O)c2ccc(Br)o2)cc1. The maximum Gasteiger partial charge on any atom is 0.307 e. The molecule has 0 saturated heterocycles. The van der Waals surface area contributed by atoms with E-state index in [9.17, 15) is 4.79 Å². The molecule has 2 aromatic rings. The molecule has 0 unspecified atom stereocenters. The minimum absolute atomic E-state index is 0.213. The van der Waals surface area contributed by atoms with E-state index in [1.807, 2.05) is 24.3 Å². The van der Waals surface area contributed by atoms with E-state index in [-0.39, 0.29) is 11.7 Å². The molecule has 0 aliphatic carbocycles. The molecule has 0 saturated carbocycles. The highest BCUT2D eigenvalue weighted by Gasteiger charge is 2.08. The number of hydrogen-bond donors (Lipinski definition) is 1. The van der Waals surface area contributed by atoms with Crippen molar-refractivity contribution in [2.45, 2.75) is 13.3 Å². The first-order valence-electron chi connectivity index (χ1n) is 5.86. The molecule has 1 heterocycles. The summed E-state index contributed by atoms with van der Waals surface area (Å²) in [5.74, 6) is -0.169. The number of aryl methyl sites for hydroxylation is 1. The maximum atomic E-state index is 11.6. The average Bonchev–Trinajstić information content (AvgIpc) is 2.86. The van der Waals surface area contributed by atoms with Crippen LogP contribution < -0.4 is 5.43 Å². The van der Waals surface area contributed by atoms with Crippen LogP contribution in [0.4, 0.5) is 0 Å². The second kappa shape index (κ2) is 6.33. The van der Waals surface area contributed by atoms with Crippen molar-refractivity contribution in [3.8, 4) is 0 Å².